The molecule has 0 unspecified atom stereocenters. The van der Waals surface area contributed by atoms with E-state index in [-0.39, 0.29) is 5.91 Å². The number of anilines is 1. The minimum Gasteiger partial charge on any atom is -0.494 e. The molecule has 1 aromatic rings. The average Bonchev–Trinajstić information content (AvgIpc) is 2.50. The van der Waals surface area contributed by atoms with Crippen molar-refractivity contribution in [1.29, 1.82) is 0 Å². The number of hydrogen-bond donors (Lipinski definition) is 2. The van der Waals surface area contributed by atoms with Gasteiger partial charge in [0.15, 0.2) is 0 Å². The van der Waals surface area contributed by atoms with Crippen molar-refractivity contribution in [3.8, 4) is 5.75 Å². The molecule has 1 aromatic carbocycles. The maximum Gasteiger partial charge on any atom is 0.224 e. The molecule has 2 rings (SSSR count). The normalized spacial score (nSPS) is 15.7. The maximum atomic E-state index is 12.1. The summed E-state index contributed by atoms with van der Waals surface area (Å²) in [7, 11) is 0. The molecule has 0 bridgehead atoms. The largest absolute Gasteiger partial charge is 0.494 e. The zero-order valence-corrected chi connectivity index (χ0v) is 12.9. The van der Waals surface area contributed by atoms with Crippen LogP contribution in [0.5, 0.6) is 5.75 Å². The van der Waals surface area contributed by atoms with Crippen LogP contribution in [0.2, 0.25) is 0 Å². The minimum absolute atomic E-state index is 0.106. The van der Waals surface area contributed by atoms with E-state index in [0.717, 1.165) is 17.0 Å². The first-order chi connectivity index (χ1) is 10.2. The zero-order valence-electron chi connectivity index (χ0n) is 12.9. The summed E-state index contributed by atoms with van der Waals surface area (Å²) in [4.78, 5) is 12.1. The second-order valence-electron chi connectivity index (χ2n) is 5.72. The van der Waals surface area contributed by atoms with Gasteiger partial charge in [0.2, 0.25) is 5.91 Å². The standard InChI is InChI=1S/C17H26N2O2/c1-2-21-16-9-8-15(11-14(16)12-18)19-17(20)10-13-6-4-3-5-7-13/h8-9,11,13H,2-7,10,12,18H2,1H3,(H,19,20). The third kappa shape index (κ3) is 4.74. The predicted molar refractivity (Wildman–Crippen MR) is 85.3 cm³/mol. The molecule has 0 saturated heterocycles. The summed E-state index contributed by atoms with van der Waals surface area (Å²) in [5, 5.41) is 2.98. The molecule has 116 valence electrons. The fraction of sp³-hybridized carbons (Fsp3) is 0.588. The van der Waals surface area contributed by atoms with Crippen LogP contribution >= 0.6 is 0 Å². The van der Waals surface area contributed by atoms with Gasteiger partial charge in [0.1, 0.15) is 5.75 Å². The van der Waals surface area contributed by atoms with E-state index in [0.29, 0.717) is 25.5 Å². The van der Waals surface area contributed by atoms with E-state index >= 15 is 0 Å². The molecule has 0 radical (unpaired) electrons. The number of nitrogens with one attached hydrogen (secondary N) is 1. The molecule has 0 atom stereocenters. The molecule has 1 fully saturated rings. The summed E-state index contributed by atoms with van der Waals surface area (Å²) in [5.74, 6) is 1.45. The lowest BCUT2D eigenvalue weighted by Gasteiger charge is -2.21. The van der Waals surface area contributed by atoms with Crippen LogP contribution in [0.1, 0.15) is 51.0 Å². The highest BCUT2D eigenvalue weighted by atomic mass is 16.5. The minimum atomic E-state index is 0.106. The van der Waals surface area contributed by atoms with Gasteiger partial charge >= 0.3 is 0 Å². The predicted octanol–water partition coefficient (Wildman–Crippen LogP) is 3.45. The number of rotatable bonds is 6. The molecule has 0 aliphatic heterocycles. The highest BCUT2D eigenvalue weighted by Gasteiger charge is 2.17. The van der Waals surface area contributed by atoms with Crippen molar-refractivity contribution >= 4 is 11.6 Å². The van der Waals surface area contributed by atoms with E-state index < -0.39 is 0 Å². The fourth-order valence-corrected chi connectivity index (χ4v) is 2.98. The van der Waals surface area contributed by atoms with Crippen LogP contribution in [-0.2, 0) is 11.3 Å². The van der Waals surface area contributed by atoms with Crippen molar-refractivity contribution in [2.45, 2.75) is 52.0 Å². The van der Waals surface area contributed by atoms with Crippen LogP contribution in [0.4, 0.5) is 5.69 Å². The van der Waals surface area contributed by atoms with Crippen LogP contribution in [0.25, 0.3) is 0 Å². The Morgan fingerprint density at radius 3 is 2.76 bits per heavy atom. The molecular formula is C17H26N2O2. The molecule has 4 nitrogen and oxygen atoms in total. The van der Waals surface area contributed by atoms with E-state index in [4.69, 9.17) is 10.5 Å². The summed E-state index contributed by atoms with van der Waals surface area (Å²) >= 11 is 0. The molecule has 0 spiro atoms. The third-order valence-corrected chi connectivity index (χ3v) is 4.06. The number of benzene rings is 1. The number of nitrogens with two attached hydrogens (primary N) is 1. The van der Waals surface area contributed by atoms with E-state index in [1.54, 1.807) is 0 Å². The first kappa shape index (κ1) is 15.8. The van der Waals surface area contributed by atoms with Crippen LogP contribution in [0, 0.1) is 5.92 Å². The lowest BCUT2D eigenvalue weighted by molar-refractivity contribution is -0.117. The smallest absolute Gasteiger partial charge is 0.224 e. The third-order valence-electron chi connectivity index (χ3n) is 4.06. The fourth-order valence-electron chi connectivity index (χ4n) is 2.98. The maximum absolute atomic E-state index is 12.1. The van der Waals surface area contributed by atoms with Gasteiger partial charge in [0, 0.05) is 24.2 Å². The summed E-state index contributed by atoms with van der Waals surface area (Å²) in [5.41, 5.74) is 7.47. The number of amides is 1. The molecule has 1 amide bonds. The van der Waals surface area contributed by atoms with Crippen molar-refractivity contribution in [1.82, 2.24) is 0 Å². The quantitative estimate of drug-likeness (QED) is 0.843. The van der Waals surface area contributed by atoms with Crippen molar-refractivity contribution in [2.75, 3.05) is 11.9 Å². The molecule has 1 saturated carbocycles. The van der Waals surface area contributed by atoms with E-state index in [1.165, 1.54) is 32.1 Å². The van der Waals surface area contributed by atoms with Gasteiger partial charge in [-0.1, -0.05) is 19.3 Å². The van der Waals surface area contributed by atoms with Gasteiger partial charge in [0.05, 0.1) is 6.61 Å². The van der Waals surface area contributed by atoms with Gasteiger partial charge in [-0.3, -0.25) is 4.79 Å². The Morgan fingerprint density at radius 2 is 2.10 bits per heavy atom. The highest BCUT2D eigenvalue weighted by molar-refractivity contribution is 5.91. The molecule has 4 heteroatoms. The van der Waals surface area contributed by atoms with Gasteiger partial charge in [-0.15, -0.1) is 0 Å². The SMILES string of the molecule is CCOc1ccc(NC(=O)CC2CCCCC2)cc1CN. The Morgan fingerprint density at radius 1 is 1.33 bits per heavy atom. The number of hydrogen-bond acceptors (Lipinski definition) is 3. The van der Waals surface area contributed by atoms with Crippen LogP contribution in [0.3, 0.4) is 0 Å². The Bertz CT molecular complexity index is 468. The highest BCUT2D eigenvalue weighted by Crippen LogP contribution is 2.27. The summed E-state index contributed by atoms with van der Waals surface area (Å²) in [6, 6.07) is 5.66. The monoisotopic (exact) mass is 290 g/mol. The second kappa shape index (κ2) is 8.03. The first-order valence-electron chi connectivity index (χ1n) is 7.98. The Kier molecular flexibility index (Phi) is 6.05. The first-order valence-corrected chi connectivity index (χ1v) is 7.98. The second-order valence-corrected chi connectivity index (χ2v) is 5.72. The summed E-state index contributed by atoms with van der Waals surface area (Å²) in [6.07, 6.45) is 6.84. The number of carbonyl (C=O) groups is 1. The van der Waals surface area contributed by atoms with Crippen LogP contribution in [-0.4, -0.2) is 12.5 Å². The van der Waals surface area contributed by atoms with Crippen molar-refractivity contribution in [3.05, 3.63) is 23.8 Å². The molecular weight excluding hydrogens is 264 g/mol. The topological polar surface area (TPSA) is 64.3 Å². The average molecular weight is 290 g/mol. The Balaban J connectivity index is 1.93. The molecule has 1 aliphatic carbocycles. The molecule has 0 heterocycles. The molecule has 3 N–H and O–H groups in total. The lowest BCUT2D eigenvalue weighted by Crippen LogP contribution is -2.18. The van der Waals surface area contributed by atoms with Gasteiger partial charge in [-0.05, 0) is 43.9 Å². The van der Waals surface area contributed by atoms with E-state index in [1.807, 2.05) is 25.1 Å². The Hall–Kier alpha value is -1.55. The van der Waals surface area contributed by atoms with Gasteiger partial charge < -0.3 is 15.8 Å². The van der Waals surface area contributed by atoms with Crippen molar-refractivity contribution < 1.29 is 9.53 Å². The molecule has 0 aromatic heterocycles. The molecule has 21 heavy (non-hydrogen) atoms. The van der Waals surface area contributed by atoms with E-state index in [2.05, 4.69) is 5.32 Å². The van der Waals surface area contributed by atoms with Crippen molar-refractivity contribution in [3.63, 3.8) is 0 Å². The van der Waals surface area contributed by atoms with Crippen molar-refractivity contribution in [2.24, 2.45) is 11.7 Å². The summed E-state index contributed by atoms with van der Waals surface area (Å²) < 4.78 is 5.52. The summed E-state index contributed by atoms with van der Waals surface area (Å²) in [6.45, 7) is 2.96. The van der Waals surface area contributed by atoms with Crippen LogP contribution < -0.4 is 15.8 Å². The van der Waals surface area contributed by atoms with E-state index in [9.17, 15) is 4.79 Å². The van der Waals surface area contributed by atoms with Crippen LogP contribution in [0.15, 0.2) is 18.2 Å². The van der Waals surface area contributed by atoms with Gasteiger partial charge in [0.25, 0.3) is 0 Å². The number of carbonyl (C=O) groups excluding carboxylic acids is 1. The van der Waals surface area contributed by atoms with Gasteiger partial charge in [-0.25, -0.2) is 0 Å². The molecule has 1 aliphatic rings. The lowest BCUT2D eigenvalue weighted by atomic mass is 9.87. The van der Waals surface area contributed by atoms with Gasteiger partial charge in [-0.2, -0.15) is 0 Å². The Labute approximate surface area is 127 Å². The zero-order chi connectivity index (χ0) is 15.1. The number of ether oxygens (including phenoxy) is 1.